The quantitative estimate of drug-likeness (QED) is 0.545. The number of alkyl halides is 3. The van der Waals surface area contributed by atoms with Gasteiger partial charge in [-0.25, -0.2) is 0 Å². The predicted molar refractivity (Wildman–Crippen MR) is 67.1 cm³/mol. The molecule has 1 aromatic carbocycles. The third-order valence-electron chi connectivity index (χ3n) is 1.45. The van der Waals surface area contributed by atoms with Gasteiger partial charge in [0.1, 0.15) is 9.04 Å². The van der Waals surface area contributed by atoms with E-state index in [0.29, 0.717) is 5.02 Å². The first-order valence-corrected chi connectivity index (χ1v) is 6.29. The highest BCUT2D eigenvalue weighted by molar-refractivity contribution is 8.01. The van der Waals surface area contributed by atoms with Gasteiger partial charge in [0.25, 0.3) is 0 Å². The largest absolute Gasteiger partial charge is 0.141 e. The first kappa shape index (κ1) is 12.8. The van der Waals surface area contributed by atoms with Crippen LogP contribution in [0.25, 0.3) is 0 Å². The Balaban J connectivity index is 2.65. The van der Waals surface area contributed by atoms with Crippen LogP contribution in [-0.2, 0) is 0 Å². The molecule has 0 fully saturated rings. The van der Waals surface area contributed by atoms with Gasteiger partial charge in [-0.1, -0.05) is 34.8 Å². The van der Waals surface area contributed by atoms with Crippen LogP contribution in [0.15, 0.2) is 29.2 Å². The fourth-order valence-corrected chi connectivity index (χ4v) is 2.18. The van der Waals surface area contributed by atoms with Crippen LogP contribution in [-0.4, -0.2) is 9.04 Å². The molecule has 0 aromatic heterocycles. The molecule has 0 aliphatic carbocycles. The topological polar surface area (TPSA) is 0 Å². The first-order chi connectivity index (χ1) is 6.39. The van der Waals surface area contributed by atoms with Gasteiger partial charge < -0.3 is 0 Å². The lowest BCUT2D eigenvalue weighted by Gasteiger charge is -2.19. The van der Waals surface area contributed by atoms with Crippen LogP contribution in [0, 0.1) is 0 Å². The van der Waals surface area contributed by atoms with Crippen molar-refractivity contribution in [1.82, 2.24) is 0 Å². The van der Waals surface area contributed by atoms with E-state index in [4.69, 9.17) is 46.4 Å². The van der Waals surface area contributed by atoms with Crippen molar-refractivity contribution in [3.05, 3.63) is 29.3 Å². The van der Waals surface area contributed by atoms with Crippen LogP contribution in [0.5, 0.6) is 0 Å². The lowest BCUT2D eigenvalue weighted by Crippen LogP contribution is -2.18. The van der Waals surface area contributed by atoms with E-state index in [-0.39, 0.29) is 0 Å². The van der Waals surface area contributed by atoms with Gasteiger partial charge in [-0.15, -0.1) is 23.4 Å². The van der Waals surface area contributed by atoms with E-state index in [1.807, 2.05) is 12.1 Å². The zero-order valence-electron chi connectivity index (χ0n) is 7.31. The highest BCUT2D eigenvalue weighted by atomic mass is 35.5. The van der Waals surface area contributed by atoms with Crippen LogP contribution in [0.4, 0.5) is 0 Å². The molecule has 0 bridgehead atoms. The molecule has 0 saturated carbocycles. The van der Waals surface area contributed by atoms with Crippen LogP contribution in [0.3, 0.4) is 0 Å². The van der Waals surface area contributed by atoms with Crippen molar-refractivity contribution in [2.75, 3.05) is 0 Å². The van der Waals surface area contributed by atoms with Crippen molar-refractivity contribution < 1.29 is 0 Å². The summed E-state index contributed by atoms with van der Waals surface area (Å²) in [5.41, 5.74) is 0. The van der Waals surface area contributed by atoms with Gasteiger partial charge in [-0.3, -0.25) is 0 Å². The Morgan fingerprint density at radius 3 is 2.14 bits per heavy atom. The number of benzene rings is 1. The van der Waals surface area contributed by atoms with Crippen molar-refractivity contribution in [1.29, 1.82) is 0 Å². The van der Waals surface area contributed by atoms with Gasteiger partial charge in [0.15, 0.2) is 0 Å². The van der Waals surface area contributed by atoms with E-state index in [0.717, 1.165) is 4.90 Å². The van der Waals surface area contributed by atoms with E-state index in [1.54, 1.807) is 19.1 Å². The van der Waals surface area contributed by atoms with Crippen molar-refractivity contribution in [3.63, 3.8) is 0 Å². The zero-order chi connectivity index (χ0) is 10.8. The predicted octanol–water partition coefficient (Wildman–Crippen LogP) is 5.19. The van der Waals surface area contributed by atoms with Gasteiger partial charge >= 0.3 is 0 Å². The molecule has 1 unspecified atom stereocenters. The monoisotopic (exact) mass is 288 g/mol. The van der Waals surface area contributed by atoms with Gasteiger partial charge in [-0.2, -0.15) is 0 Å². The molecule has 14 heavy (non-hydrogen) atoms. The van der Waals surface area contributed by atoms with Crippen molar-refractivity contribution in [2.24, 2.45) is 0 Å². The first-order valence-electron chi connectivity index (χ1n) is 3.84. The minimum Gasteiger partial charge on any atom is -0.107 e. The molecule has 0 nitrogen and oxygen atoms in total. The summed E-state index contributed by atoms with van der Waals surface area (Å²) in [5.74, 6) is 0. The molecule has 0 radical (unpaired) electrons. The SMILES string of the molecule is CC(Cl)(Cl)C(Cl)Sc1ccc(Cl)cc1. The van der Waals surface area contributed by atoms with Crippen molar-refractivity contribution >= 4 is 58.2 Å². The lowest BCUT2D eigenvalue weighted by molar-refractivity contribution is 0.959. The second kappa shape index (κ2) is 5.18. The van der Waals surface area contributed by atoms with Crippen LogP contribution >= 0.6 is 58.2 Å². The van der Waals surface area contributed by atoms with Gasteiger partial charge in [0.2, 0.25) is 0 Å². The number of hydrogen-bond acceptors (Lipinski definition) is 1. The Morgan fingerprint density at radius 1 is 1.21 bits per heavy atom. The smallest absolute Gasteiger partial charge is 0.107 e. The summed E-state index contributed by atoms with van der Waals surface area (Å²) in [6, 6.07) is 7.35. The summed E-state index contributed by atoms with van der Waals surface area (Å²) in [6.07, 6.45) is 0. The fourth-order valence-electron chi connectivity index (χ4n) is 0.736. The Labute approximate surface area is 108 Å². The molecular formula is C9H8Cl4S. The lowest BCUT2D eigenvalue weighted by atomic mass is 10.4. The van der Waals surface area contributed by atoms with Crippen LogP contribution in [0.2, 0.25) is 5.02 Å². The minimum absolute atomic E-state index is 0.396. The fraction of sp³-hybridized carbons (Fsp3) is 0.333. The number of rotatable bonds is 3. The summed E-state index contributed by atoms with van der Waals surface area (Å²) >= 11 is 24.8. The van der Waals surface area contributed by atoms with Crippen molar-refractivity contribution in [3.8, 4) is 0 Å². The highest BCUT2D eigenvalue weighted by Gasteiger charge is 2.28. The second-order valence-electron chi connectivity index (χ2n) is 2.84. The average molecular weight is 290 g/mol. The van der Waals surface area contributed by atoms with E-state index in [9.17, 15) is 0 Å². The van der Waals surface area contributed by atoms with Crippen LogP contribution in [0.1, 0.15) is 6.92 Å². The summed E-state index contributed by atoms with van der Waals surface area (Å²) in [7, 11) is 0. The number of thioether (sulfide) groups is 1. The molecule has 78 valence electrons. The molecule has 1 rings (SSSR count). The summed E-state index contributed by atoms with van der Waals surface area (Å²) < 4.78 is -1.35. The highest BCUT2D eigenvalue weighted by Crippen LogP contribution is 2.39. The van der Waals surface area contributed by atoms with Crippen molar-refractivity contribution in [2.45, 2.75) is 20.9 Å². The van der Waals surface area contributed by atoms with Crippen LogP contribution < -0.4 is 0 Å². The second-order valence-corrected chi connectivity index (χ2v) is 6.92. The molecule has 1 atom stereocenters. The molecule has 5 heteroatoms. The molecule has 0 saturated heterocycles. The van der Waals surface area contributed by atoms with E-state index in [2.05, 4.69) is 0 Å². The van der Waals surface area contributed by atoms with Gasteiger partial charge in [0.05, 0.1) is 0 Å². The van der Waals surface area contributed by atoms with Gasteiger partial charge in [-0.05, 0) is 31.2 Å². The Kier molecular flexibility index (Phi) is 4.73. The average Bonchev–Trinajstić information content (AvgIpc) is 2.07. The molecule has 0 N–H and O–H groups in total. The molecule has 0 spiro atoms. The maximum atomic E-state index is 6.00. The summed E-state index contributed by atoms with van der Waals surface area (Å²) in [4.78, 5) is 0.988. The maximum absolute atomic E-state index is 6.00. The molecule has 1 aromatic rings. The summed E-state index contributed by atoms with van der Waals surface area (Å²) in [5, 5.41) is 0.694. The third kappa shape index (κ3) is 4.08. The minimum atomic E-state index is -0.953. The Bertz CT molecular complexity index is 291. The molecule has 0 aliphatic rings. The summed E-state index contributed by atoms with van der Waals surface area (Å²) in [6.45, 7) is 1.66. The van der Waals surface area contributed by atoms with E-state index < -0.39 is 9.04 Å². The van der Waals surface area contributed by atoms with E-state index >= 15 is 0 Å². The Morgan fingerprint density at radius 2 is 1.71 bits per heavy atom. The standard InChI is InChI=1S/C9H8Cl4S/c1-9(12,13)8(11)14-7-4-2-6(10)3-5-7/h2-5,8H,1H3. The number of hydrogen-bond donors (Lipinski definition) is 0. The molecule has 0 aliphatic heterocycles. The number of halogens is 4. The van der Waals surface area contributed by atoms with E-state index in [1.165, 1.54) is 11.8 Å². The maximum Gasteiger partial charge on any atom is 0.141 e. The molecular weight excluding hydrogens is 282 g/mol. The molecule has 0 amide bonds. The Hall–Kier alpha value is 0.730. The third-order valence-corrected chi connectivity index (χ3v) is 4.55. The normalized spacial score (nSPS) is 14.1. The van der Waals surface area contributed by atoms with Gasteiger partial charge in [0, 0.05) is 9.92 Å². The zero-order valence-corrected chi connectivity index (χ0v) is 11.1. The molecule has 0 heterocycles.